The number of benzene rings is 2. The summed E-state index contributed by atoms with van der Waals surface area (Å²) >= 11 is 0. The number of carbonyl (C=O) groups excluding carboxylic acids is 1. The summed E-state index contributed by atoms with van der Waals surface area (Å²) in [5.41, 5.74) is 4.82. The highest BCUT2D eigenvalue weighted by molar-refractivity contribution is 8.00. The molecular formula is C26H29N3O3S. The van der Waals surface area contributed by atoms with Crippen molar-refractivity contribution in [2.24, 2.45) is 10.3 Å². The Balaban J connectivity index is 1.34. The molecular weight excluding hydrogens is 434 g/mol. The van der Waals surface area contributed by atoms with Crippen molar-refractivity contribution in [2.75, 3.05) is 24.5 Å². The van der Waals surface area contributed by atoms with Gasteiger partial charge in [-0.1, -0.05) is 55.0 Å². The number of aryl methyl sites for hydroxylation is 1. The van der Waals surface area contributed by atoms with Crippen LogP contribution < -0.4 is 4.90 Å². The van der Waals surface area contributed by atoms with E-state index >= 15 is 0 Å². The Kier molecular flexibility index (Phi) is 5.60. The van der Waals surface area contributed by atoms with Crippen LogP contribution in [0.5, 0.6) is 0 Å². The Labute approximate surface area is 195 Å². The minimum absolute atomic E-state index is 0.0448. The van der Waals surface area contributed by atoms with E-state index in [1.54, 1.807) is 0 Å². The number of rotatable bonds is 3. The average Bonchev–Trinajstić information content (AvgIpc) is 3.37. The van der Waals surface area contributed by atoms with Crippen LogP contribution in [0.3, 0.4) is 0 Å². The van der Waals surface area contributed by atoms with E-state index in [1.165, 1.54) is 5.56 Å². The van der Waals surface area contributed by atoms with Crippen LogP contribution in [-0.2, 0) is 21.2 Å². The standard InChI is InChI=1S/C26H29N3O3S/c1-3-22-24(20-10-8-18(2)9-11-20)33(31,32)27-25(22)28-15-12-21(13-16-28)26(30)29-17-14-19-6-4-5-7-23(19)29/h4-11,21H,3,12-17H2,1-2H3. The maximum Gasteiger partial charge on any atom is 0.285 e. The van der Waals surface area contributed by atoms with Gasteiger partial charge in [-0.2, -0.15) is 8.42 Å². The highest BCUT2D eigenvalue weighted by Crippen LogP contribution is 2.37. The first kappa shape index (κ1) is 21.9. The third-order valence-corrected chi connectivity index (χ3v) is 8.38. The Morgan fingerprint density at radius 2 is 1.73 bits per heavy atom. The van der Waals surface area contributed by atoms with E-state index in [4.69, 9.17) is 0 Å². The van der Waals surface area contributed by atoms with Crippen molar-refractivity contribution < 1.29 is 13.2 Å². The van der Waals surface area contributed by atoms with E-state index in [0.717, 1.165) is 29.8 Å². The number of para-hydroxylation sites is 1. The molecule has 2 aromatic carbocycles. The molecule has 0 bridgehead atoms. The Bertz CT molecular complexity index is 1250. The predicted octanol–water partition coefficient (Wildman–Crippen LogP) is 4.16. The molecule has 3 aliphatic rings. The number of piperidine rings is 1. The molecule has 0 radical (unpaired) electrons. The molecule has 2 aromatic rings. The molecule has 0 unspecified atom stereocenters. The molecule has 3 aliphatic heterocycles. The molecule has 0 atom stereocenters. The van der Waals surface area contributed by atoms with Crippen molar-refractivity contribution >= 4 is 32.4 Å². The van der Waals surface area contributed by atoms with E-state index in [2.05, 4.69) is 15.4 Å². The number of nitrogens with zero attached hydrogens (tertiary/aromatic N) is 3. The average molecular weight is 464 g/mol. The van der Waals surface area contributed by atoms with Crippen LogP contribution in [0.2, 0.25) is 0 Å². The monoisotopic (exact) mass is 463 g/mol. The normalized spacial score (nSPS) is 20.2. The van der Waals surface area contributed by atoms with Gasteiger partial charge in [-0.3, -0.25) is 4.79 Å². The molecule has 1 amide bonds. The van der Waals surface area contributed by atoms with Gasteiger partial charge in [0.15, 0.2) is 0 Å². The SMILES string of the molecule is CCC1=C(c2ccc(C)cc2)S(=O)(=O)N=C1N1CCC(C(=O)N2CCc3ccccc32)CC1. The van der Waals surface area contributed by atoms with Crippen LogP contribution >= 0.6 is 0 Å². The van der Waals surface area contributed by atoms with Gasteiger partial charge in [-0.15, -0.1) is 4.40 Å². The zero-order valence-corrected chi connectivity index (χ0v) is 19.9. The Morgan fingerprint density at radius 1 is 1.03 bits per heavy atom. The molecule has 0 N–H and O–H groups in total. The summed E-state index contributed by atoms with van der Waals surface area (Å²) in [6, 6.07) is 15.7. The largest absolute Gasteiger partial charge is 0.356 e. The van der Waals surface area contributed by atoms with Crippen LogP contribution in [-0.4, -0.2) is 44.7 Å². The first-order valence-corrected chi connectivity index (χ1v) is 13.1. The lowest BCUT2D eigenvalue weighted by molar-refractivity contribution is -0.123. The fourth-order valence-corrected chi connectivity index (χ4v) is 6.72. The fraction of sp³-hybridized carbons (Fsp3) is 0.385. The summed E-state index contributed by atoms with van der Waals surface area (Å²) < 4.78 is 30.2. The summed E-state index contributed by atoms with van der Waals surface area (Å²) in [6.45, 7) is 5.96. The highest BCUT2D eigenvalue weighted by Gasteiger charge is 2.38. The first-order chi connectivity index (χ1) is 15.9. The van der Waals surface area contributed by atoms with Gasteiger partial charge in [-0.05, 0) is 49.8 Å². The summed E-state index contributed by atoms with van der Waals surface area (Å²) in [6.07, 6.45) is 2.90. The number of anilines is 1. The lowest BCUT2D eigenvalue weighted by atomic mass is 9.94. The van der Waals surface area contributed by atoms with Gasteiger partial charge in [0.1, 0.15) is 10.7 Å². The number of amidine groups is 1. The topological polar surface area (TPSA) is 70.0 Å². The van der Waals surface area contributed by atoms with Crippen LogP contribution in [0.25, 0.3) is 4.91 Å². The number of carbonyl (C=O) groups is 1. The van der Waals surface area contributed by atoms with E-state index < -0.39 is 10.0 Å². The number of likely N-dealkylation sites (tertiary alicyclic amines) is 1. The Hall–Kier alpha value is -2.93. The smallest absolute Gasteiger partial charge is 0.285 e. The molecule has 0 spiro atoms. The van der Waals surface area contributed by atoms with Gasteiger partial charge < -0.3 is 9.80 Å². The predicted molar refractivity (Wildman–Crippen MR) is 132 cm³/mol. The number of hydrogen-bond donors (Lipinski definition) is 0. The summed E-state index contributed by atoms with van der Waals surface area (Å²) in [5.74, 6) is 0.703. The molecule has 6 nitrogen and oxygen atoms in total. The third kappa shape index (κ3) is 3.88. The van der Waals surface area contributed by atoms with Gasteiger partial charge in [0, 0.05) is 36.8 Å². The lowest BCUT2D eigenvalue weighted by Crippen LogP contribution is -2.44. The molecule has 5 rings (SSSR count). The maximum atomic E-state index is 13.3. The van der Waals surface area contributed by atoms with Crippen molar-refractivity contribution in [2.45, 2.75) is 39.5 Å². The second kappa shape index (κ2) is 8.45. The van der Waals surface area contributed by atoms with Crippen LogP contribution in [0.1, 0.15) is 42.9 Å². The molecule has 0 aromatic heterocycles. The lowest BCUT2D eigenvalue weighted by Gasteiger charge is -2.34. The van der Waals surface area contributed by atoms with Crippen LogP contribution in [0.15, 0.2) is 58.5 Å². The summed E-state index contributed by atoms with van der Waals surface area (Å²) in [7, 11) is -3.74. The molecule has 33 heavy (non-hydrogen) atoms. The quantitative estimate of drug-likeness (QED) is 0.685. The fourth-order valence-electron chi connectivity index (χ4n) is 5.19. The van der Waals surface area contributed by atoms with E-state index in [1.807, 2.05) is 61.2 Å². The van der Waals surface area contributed by atoms with Crippen molar-refractivity contribution in [1.82, 2.24) is 4.90 Å². The molecule has 0 aliphatic carbocycles. The molecule has 172 valence electrons. The zero-order chi connectivity index (χ0) is 23.2. The van der Waals surface area contributed by atoms with E-state index in [9.17, 15) is 13.2 Å². The molecule has 1 fully saturated rings. The number of sulfonamides is 1. The second-order valence-corrected chi connectivity index (χ2v) is 10.6. The molecule has 3 heterocycles. The highest BCUT2D eigenvalue weighted by atomic mass is 32.2. The van der Waals surface area contributed by atoms with Crippen molar-refractivity contribution in [1.29, 1.82) is 0 Å². The Morgan fingerprint density at radius 3 is 2.42 bits per heavy atom. The van der Waals surface area contributed by atoms with Gasteiger partial charge in [-0.25, -0.2) is 0 Å². The minimum Gasteiger partial charge on any atom is -0.356 e. The summed E-state index contributed by atoms with van der Waals surface area (Å²) in [5, 5.41) is 0. The number of amides is 1. The van der Waals surface area contributed by atoms with Crippen molar-refractivity contribution in [3.05, 3.63) is 70.8 Å². The van der Waals surface area contributed by atoms with E-state index in [0.29, 0.717) is 48.7 Å². The third-order valence-electron chi connectivity index (χ3n) is 6.97. The molecule has 0 saturated carbocycles. The van der Waals surface area contributed by atoms with E-state index in [-0.39, 0.29) is 11.8 Å². The van der Waals surface area contributed by atoms with Gasteiger partial charge in [0.25, 0.3) is 10.0 Å². The van der Waals surface area contributed by atoms with Crippen LogP contribution in [0.4, 0.5) is 5.69 Å². The number of fused-ring (bicyclic) bond motifs is 1. The second-order valence-electron chi connectivity index (χ2n) is 9.05. The van der Waals surface area contributed by atoms with Crippen molar-refractivity contribution in [3.8, 4) is 0 Å². The first-order valence-electron chi connectivity index (χ1n) is 11.7. The van der Waals surface area contributed by atoms with Gasteiger partial charge in [0.05, 0.1) is 0 Å². The van der Waals surface area contributed by atoms with Gasteiger partial charge in [0.2, 0.25) is 5.91 Å². The molecule has 1 saturated heterocycles. The molecule has 7 heteroatoms. The zero-order valence-electron chi connectivity index (χ0n) is 19.1. The van der Waals surface area contributed by atoms with Crippen LogP contribution in [0, 0.1) is 12.8 Å². The number of hydrogen-bond acceptors (Lipinski definition) is 4. The van der Waals surface area contributed by atoms with Gasteiger partial charge >= 0.3 is 0 Å². The summed E-state index contributed by atoms with van der Waals surface area (Å²) in [4.78, 5) is 17.6. The maximum absolute atomic E-state index is 13.3. The minimum atomic E-state index is -3.74. The van der Waals surface area contributed by atoms with Crippen molar-refractivity contribution in [3.63, 3.8) is 0 Å².